The summed E-state index contributed by atoms with van der Waals surface area (Å²) < 4.78 is 58.9. The lowest BCUT2D eigenvalue weighted by Crippen LogP contribution is -2.10. The molecule has 0 aliphatic heterocycles. The van der Waals surface area contributed by atoms with E-state index in [9.17, 15) is 21.6 Å². The first kappa shape index (κ1) is 25.4. The van der Waals surface area contributed by atoms with Crippen molar-refractivity contribution in [3.63, 3.8) is 0 Å². The summed E-state index contributed by atoms with van der Waals surface area (Å²) in [5.74, 6) is -0.965. The van der Waals surface area contributed by atoms with Crippen molar-refractivity contribution >= 4 is 39.4 Å². The predicted octanol–water partition coefficient (Wildman–Crippen LogP) is -1.13. The molecule has 0 unspecified atom stereocenters. The van der Waals surface area contributed by atoms with Crippen LogP contribution in [0.4, 0.5) is 0 Å². The minimum absolute atomic E-state index is 0. The molecule has 0 spiro atoms. The maximum atomic E-state index is 9.51. The fraction of sp³-hybridized carbons (Fsp3) is 0.500. The number of hydrogen-bond donors (Lipinski definition) is 6. The maximum Gasteiger partial charge on any atom is 0.425 e. The molecule has 12 nitrogen and oxygen atoms in total. The van der Waals surface area contributed by atoms with Gasteiger partial charge in [0.15, 0.2) is 0 Å². The first-order valence-corrected chi connectivity index (χ1v) is 5.99. The third-order valence-corrected chi connectivity index (χ3v) is 1.17. The van der Waals surface area contributed by atoms with E-state index in [0.717, 1.165) is 0 Å². The zero-order chi connectivity index (χ0) is 12.7. The topological polar surface area (TPSA) is 234 Å². The van der Waals surface area contributed by atoms with Crippen LogP contribution in [0.5, 0.6) is 0 Å². The number of carbonyl (C=O) groups is 1. The molecular weight excluding hydrogens is 308 g/mol. The average Bonchev–Trinajstić information content (AvgIpc) is 2.00. The first-order chi connectivity index (χ1) is 6.48. The summed E-state index contributed by atoms with van der Waals surface area (Å²) in [5, 5.41) is 7.65. The minimum atomic E-state index is -5.02. The molecule has 0 aliphatic carbocycles. The monoisotopic (exact) mass is 320 g/mol. The van der Waals surface area contributed by atoms with E-state index in [-0.39, 0.29) is 18.1 Å². The van der Waals surface area contributed by atoms with Gasteiger partial charge in [-0.3, -0.25) is 13.9 Å². The summed E-state index contributed by atoms with van der Waals surface area (Å²) in [6.07, 6.45) is 0. The largest absolute Gasteiger partial charge is 0.481 e. The van der Waals surface area contributed by atoms with Crippen molar-refractivity contribution in [1.82, 2.24) is 12.3 Å². The Bertz CT molecular complexity index is 352. The number of carboxylic acid groups (broad SMARTS) is 1. The summed E-state index contributed by atoms with van der Waals surface area (Å²) in [7, 11) is -10.0. The molecule has 9 N–H and O–H groups in total. The molecule has 0 radical (unpaired) electrons. The minimum Gasteiger partial charge on any atom is -0.481 e. The molecule has 0 aromatic heterocycles. The maximum absolute atomic E-state index is 9.51. The van der Waals surface area contributed by atoms with Crippen LogP contribution in [0, 0.1) is 0 Å². The second-order valence-electron chi connectivity index (χ2n) is 1.54. The molecule has 0 saturated carbocycles. The highest BCUT2D eigenvalue weighted by Crippen LogP contribution is 1.92. The Morgan fingerprint density at radius 1 is 1.00 bits per heavy atom. The van der Waals surface area contributed by atoms with Crippen molar-refractivity contribution in [2.24, 2.45) is 0 Å². The number of carboxylic acids is 1. The van der Waals surface area contributed by atoms with Gasteiger partial charge in [0.25, 0.3) is 0 Å². The number of hydrogen-bond acceptors (Lipinski definition) is 10. The highest BCUT2D eigenvalue weighted by Gasteiger charge is 2.13. The van der Waals surface area contributed by atoms with Crippen molar-refractivity contribution in [2.75, 3.05) is 5.75 Å². The smallest absolute Gasteiger partial charge is 0.425 e. The van der Waals surface area contributed by atoms with Crippen LogP contribution in [-0.4, -0.2) is 42.8 Å². The molecule has 0 amide bonds. The second-order valence-corrected chi connectivity index (χ2v) is 3.84. The molecule has 0 aliphatic rings. The highest BCUT2D eigenvalue weighted by atomic mass is 32.3. The Balaban J connectivity index is -0.000000105. The van der Waals surface area contributed by atoms with Crippen LogP contribution in [0.3, 0.4) is 0 Å². The fourth-order valence-corrected chi connectivity index (χ4v) is 0.632. The molecule has 108 valence electrons. The van der Waals surface area contributed by atoms with Crippen LogP contribution in [0.1, 0.15) is 0 Å². The van der Waals surface area contributed by atoms with Gasteiger partial charge in [0, 0.05) is 0 Å². The molecule has 0 fully saturated rings. The lowest BCUT2D eigenvalue weighted by Gasteiger charge is -1.92. The standard InChI is InChI=1S/C2H4O2S.2H3N.H2O8S2/c3-2(4)1-5;;;1-9(2,3)7-8-10(4,5)6/h5H,1H2,(H,3,4);2*1H3;(H,1,2,3)(H,4,5,6). The Morgan fingerprint density at radius 3 is 1.24 bits per heavy atom. The number of thiol groups is 1. The van der Waals surface area contributed by atoms with Gasteiger partial charge in [0.1, 0.15) is 0 Å². The first-order valence-electron chi connectivity index (χ1n) is 2.63. The van der Waals surface area contributed by atoms with Gasteiger partial charge in [-0.1, -0.05) is 8.67 Å². The van der Waals surface area contributed by atoms with E-state index < -0.39 is 26.8 Å². The van der Waals surface area contributed by atoms with Gasteiger partial charge in [-0.2, -0.15) is 29.5 Å². The van der Waals surface area contributed by atoms with Crippen molar-refractivity contribution < 1.29 is 44.5 Å². The lowest BCUT2D eigenvalue weighted by molar-refractivity contribution is -0.133. The molecule has 0 rings (SSSR count). The summed E-state index contributed by atoms with van der Waals surface area (Å²) >= 11 is 3.42. The average molecular weight is 320 g/mol. The van der Waals surface area contributed by atoms with Crippen LogP contribution < -0.4 is 12.3 Å². The van der Waals surface area contributed by atoms with Crippen LogP contribution in [0.25, 0.3) is 0 Å². The third-order valence-electron chi connectivity index (χ3n) is 0.335. The van der Waals surface area contributed by atoms with E-state index in [1.165, 1.54) is 0 Å². The number of rotatable bonds is 4. The molecule has 17 heavy (non-hydrogen) atoms. The summed E-state index contributed by atoms with van der Waals surface area (Å²) in [6.45, 7) is 0. The molecule has 15 heteroatoms. The number of aliphatic carboxylic acids is 1. The lowest BCUT2D eigenvalue weighted by atomic mass is 10.8. The Morgan fingerprint density at radius 2 is 1.18 bits per heavy atom. The zero-order valence-electron chi connectivity index (χ0n) is 8.08. The fourth-order valence-electron chi connectivity index (χ4n) is 0.0702. The quantitative estimate of drug-likeness (QED) is 0.156. The van der Waals surface area contributed by atoms with Gasteiger partial charge >= 0.3 is 26.8 Å². The van der Waals surface area contributed by atoms with Crippen LogP contribution in [-0.2, 0) is 34.3 Å². The Kier molecular flexibility index (Phi) is 15.8. The van der Waals surface area contributed by atoms with Crippen molar-refractivity contribution in [3.05, 3.63) is 0 Å². The molecule has 0 aromatic rings. The molecule has 0 saturated heterocycles. The van der Waals surface area contributed by atoms with Crippen LogP contribution in [0.2, 0.25) is 0 Å². The molecule has 0 atom stereocenters. The second kappa shape index (κ2) is 10.6. The van der Waals surface area contributed by atoms with Gasteiger partial charge in [-0.25, -0.2) is 0 Å². The van der Waals surface area contributed by atoms with E-state index in [1.807, 2.05) is 0 Å². The van der Waals surface area contributed by atoms with Crippen molar-refractivity contribution in [2.45, 2.75) is 0 Å². The van der Waals surface area contributed by atoms with Gasteiger partial charge in [0.05, 0.1) is 5.75 Å². The van der Waals surface area contributed by atoms with Gasteiger partial charge < -0.3 is 17.4 Å². The highest BCUT2D eigenvalue weighted by molar-refractivity contribution is 7.83. The SMILES string of the molecule is N.N.O=C(O)CS.O=S(=O)(O)OOS(=O)(=O)O. The van der Waals surface area contributed by atoms with E-state index in [1.54, 1.807) is 0 Å². The Labute approximate surface area is 102 Å². The van der Waals surface area contributed by atoms with Gasteiger partial charge in [-0.15, -0.1) is 0 Å². The zero-order valence-corrected chi connectivity index (χ0v) is 10.6. The van der Waals surface area contributed by atoms with Crippen molar-refractivity contribution in [3.8, 4) is 0 Å². The van der Waals surface area contributed by atoms with E-state index in [0.29, 0.717) is 0 Å². The molecule has 0 heterocycles. The van der Waals surface area contributed by atoms with Crippen molar-refractivity contribution in [1.29, 1.82) is 0 Å². The summed E-state index contributed by atoms with van der Waals surface area (Å²) in [4.78, 5) is 9.29. The summed E-state index contributed by atoms with van der Waals surface area (Å²) in [6, 6.07) is 0. The predicted molar refractivity (Wildman–Crippen MR) is 56.8 cm³/mol. The molecular formula is C2H12N2O10S3. The van der Waals surface area contributed by atoms with Gasteiger partial charge in [-0.05, 0) is 0 Å². The molecule has 0 aromatic carbocycles. The Hall–Kier alpha value is -0.520. The van der Waals surface area contributed by atoms with Crippen LogP contribution >= 0.6 is 12.6 Å². The van der Waals surface area contributed by atoms with E-state index in [4.69, 9.17) is 14.2 Å². The molecule has 0 bridgehead atoms. The van der Waals surface area contributed by atoms with Gasteiger partial charge in [0.2, 0.25) is 0 Å². The van der Waals surface area contributed by atoms with Crippen LogP contribution in [0.15, 0.2) is 0 Å². The van der Waals surface area contributed by atoms with E-state index in [2.05, 4.69) is 21.3 Å². The van der Waals surface area contributed by atoms with E-state index >= 15 is 0 Å². The normalized spacial score (nSPS) is 10.1. The summed E-state index contributed by atoms with van der Waals surface area (Å²) in [5.41, 5.74) is 0. The third kappa shape index (κ3) is 39.1.